The van der Waals surface area contributed by atoms with E-state index in [9.17, 15) is 8.42 Å². The number of sulfonamides is 1. The molecule has 0 spiro atoms. The van der Waals surface area contributed by atoms with E-state index in [1.165, 1.54) is 0 Å². The van der Waals surface area contributed by atoms with Gasteiger partial charge in [-0.1, -0.05) is 0 Å². The fourth-order valence-corrected chi connectivity index (χ4v) is 6.26. The van der Waals surface area contributed by atoms with Crippen LogP contribution in [0.15, 0.2) is 29.2 Å². The molecule has 108 valence electrons. The number of unbranched alkanes of at least 4 members (excludes halogenated alkanes) is 1. The molecule has 0 aliphatic carbocycles. The van der Waals surface area contributed by atoms with Crippen LogP contribution in [0.2, 0.25) is 5.32 Å². The third-order valence-electron chi connectivity index (χ3n) is 2.33. The second-order valence-electron chi connectivity index (χ2n) is 5.50. The van der Waals surface area contributed by atoms with Crippen LogP contribution in [0, 0.1) is 0 Å². The first kappa shape index (κ1) is 16.7. The van der Waals surface area contributed by atoms with Gasteiger partial charge in [0.1, 0.15) is 0 Å². The monoisotopic (exact) mass is 349 g/mol. The molecule has 5 heteroatoms. The summed E-state index contributed by atoms with van der Waals surface area (Å²) in [6, 6.07) is 7.35. The number of hydrogen-bond acceptors (Lipinski definition) is 2. The summed E-state index contributed by atoms with van der Waals surface area (Å²) >= 11 is 0.221. The summed E-state index contributed by atoms with van der Waals surface area (Å²) in [6.07, 6.45) is 2.30. The molecule has 0 bridgehead atoms. The average molecular weight is 348 g/mol. The van der Waals surface area contributed by atoms with E-state index in [-0.39, 0.29) is 15.0 Å². The van der Waals surface area contributed by atoms with Gasteiger partial charge in [-0.2, -0.15) is 0 Å². The van der Waals surface area contributed by atoms with Gasteiger partial charge in [-0.25, -0.2) is 0 Å². The molecule has 0 amide bonds. The van der Waals surface area contributed by atoms with Crippen molar-refractivity contribution >= 4 is 29.4 Å². The molecule has 0 aromatic heterocycles. The molecule has 0 heterocycles. The van der Waals surface area contributed by atoms with Crippen molar-refractivity contribution in [2.24, 2.45) is 0 Å². The Morgan fingerprint density at radius 2 is 1.84 bits per heavy atom. The van der Waals surface area contributed by atoms with Gasteiger partial charge >= 0.3 is 123 Å². The molecular weight excluding hydrogens is 325 g/mol. The van der Waals surface area contributed by atoms with Gasteiger partial charge in [0.25, 0.3) is 0 Å². The van der Waals surface area contributed by atoms with E-state index < -0.39 is 15.6 Å². The average Bonchev–Trinajstić information content (AvgIpc) is 2.27. The van der Waals surface area contributed by atoms with Crippen molar-refractivity contribution in [1.82, 2.24) is 4.72 Å². The van der Waals surface area contributed by atoms with Gasteiger partial charge in [0.2, 0.25) is 0 Å². The van der Waals surface area contributed by atoms with Crippen LogP contribution in [0.25, 0.3) is 0 Å². The predicted octanol–water partition coefficient (Wildman–Crippen LogP) is 2.31. The van der Waals surface area contributed by atoms with Gasteiger partial charge in [-0.15, -0.1) is 0 Å². The molecule has 1 aromatic carbocycles. The number of rotatable bonds is 6. The molecule has 0 fully saturated rings. The van der Waals surface area contributed by atoms with Crippen molar-refractivity contribution in [3.63, 3.8) is 0 Å². The Hall–Kier alpha value is -0.351. The van der Waals surface area contributed by atoms with E-state index in [0.29, 0.717) is 4.90 Å². The van der Waals surface area contributed by atoms with E-state index in [4.69, 9.17) is 0 Å². The minimum atomic E-state index is -3.42. The van der Waals surface area contributed by atoms with Crippen molar-refractivity contribution in [3.8, 4) is 0 Å². The molecule has 0 saturated heterocycles. The van der Waals surface area contributed by atoms with Crippen LogP contribution in [-0.2, 0) is 10.0 Å². The zero-order chi connectivity index (χ0) is 14.5. The Balaban J connectivity index is 2.99. The molecular formula is C14H23NO2SSe. The van der Waals surface area contributed by atoms with E-state index >= 15 is 0 Å². The van der Waals surface area contributed by atoms with Gasteiger partial charge in [-0.05, 0) is 0 Å². The van der Waals surface area contributed by atoms with Gasteiger partial charge in [0.15, 0.2) is 0 Å². The summed E-state index contributed by atoms with van der Waals surface area (Å²) in [4.78, 5) is 0.445. The van der Waals surface area contributed by atoms with Crippen LogP contribution in [0.1, 0.15) is 40.5 Å². The zero-order valence-corrected chi connectivity index (χ0v) is 14.6. The quantitative estimate of drug-likeness (QED) is 0.633. The van der Waals surface area contributed by atoms with E-state index in [0.717, 1.165) is 22.6 Å². The maximum atomic E-state index is 12.4. The van der Waals surface area contributed by atoms with Crippen LogP contribution in [-0.4, -0.2) is 28.9 Å². The Morgan fingerprint density at radius 3 is 2.42 bits per heavy atom. The Bertz CT molecular complexity index is 506. The molecule has 0 unspecified atom stereocenters. The zero-order valence-electron chi connectivity index (χ0n) is 12.1. The molecule has 0 radical (unpaired) electrons. The molecule has 0 saturated carbocycles. The molecule has 0 aliphatic rings. The van der Waals surface area contributed by atoms with Crippen LogP contribution in [0.4, 0.5) is 0 Å². The van der Waals surface area contributed by atoms with E-state index in [2.05, 4.69) is 11.6 Å². The summed E-state index contributed by atoms with van der Waals surface area (Å²) in [7, 11) is -3.42. The van der Waals surface area contributed by atoms with Crippen molar-refractivity contribution in [3.05, 3.63) is 24.3 Å². The first-order chi connectivity index (χ1) is 8.76. The summed E-state index contributed by atoms with van der Waals surface area (Å²) in [5.41, 5.74) is -0.456. The number of benzene rings is 1. The van der Waals surface area contributed by atoms with Gasteiger partial charge in [-0.3, -0.25) is 0 Å². The van der Waals surface area contributed by atoms with Crippen LogP contribution >= 0.6 is 0 Å². The fraction of sp³-hybridized carbons (Fsp3) is 0.571. The maximum absolute atomic E-state index is 12.4. The fourth-order valence-electron chi connectivity index (χ4n) is 1.58. The first-order valence-corrected chi connectivity index (χ1v) is 10.1. The molecule has 0 atom stereocenters. The Kier molecular flexibility index (Phi) is 6.06. The van der Waals surface area contributed by atoms with E-state index in [1.54, 1.807) is 12.1 Å². The molecule has 0 aliphatic heterocycles. The molecule has 1 N–H and O–H groups in total. The van der Waals surface area contributed by atoms with E-state index in [1.807, 2.05) is 32.9 Å². The standard InChI is InChI=1S/C14H23NO2SSe/c1-5-6-11-19-13-10-8-7-9-12(13)18(16,17)15-14(2,3)4/h7-10,15H,5-6,11H2,1-4H3. The van der Waals surface area contributed by atoms with Crippen LogP contribution < -0.4 is 9.18 Å². The Morgan fingerprint density at radius 1 is 1.21 bits per heavy atom. The van der Waals surface area contributed by atoms with Gasteiger partial charge in [0.05, 0.1) is 0 Å². The second kappa shape index (κ2) is 6.89. The summed E-state index contributed by atoms with van der Waals surface area (Å²) in [6.45, 7) is 7.72. The second-order valence-corrected chi connectivity index (χ2v) is 9.54. The first-order valence-electron chi connectivity index (χ1n) is 6.52. The summed E-state index contributed by atoms with van der Waals surface area (Å²) in [5.74, 6) is 0. The van der Waals surface area contributed by atoms with Crippen molar-refractivity contribution in [2.75, 3.05) is 0 Å². The van der Waals surface area contributed by atoms with Gasteiger partial charge in [0, 0.05) is 0 Å². The third-order valence-corrected chi connectivity index (χ3v) is 6.88. The van der Waals surface area contributed by atoms with Crippen molar-refractivity contribution in [1.29, 1.82) is 0 Å². The normalized spacial score (nSPS) is 12.6. The molecule has 3 nitrogen and oxygen atoms in total. The molecule has 19 heavy (non-hydrogen) atoms. The Labute approximate surface area is 123 Å². The van der Waals surface area contributed by atoms with Crippen LogP contribution in [0.3, 0.4) is 0 Å². The number of hydrogen-bond donors (Lipinski definition) is 1. The van der Waals surface area contributed by atoms with Crippen LogP contribution in [0.5, 0.6) is 0 Å². The van der Waals surface area contributed by atoms with Gasteiger partial charge < -0.3 is 0 Å². The summed E-state index contributed by atoms with van der Waals surface area (Å²) in [5, 5.41) is 1.09. The SMILES string of the molecule is CCCC[Se]c1ccccc1S(=O)(=O)NC(C)(C)C. The number of nitrogens with one attached hydrogen (secondary N) is 1. The molecule has 1 rings (SSSR count). The predicted molar refractivity (Wildman–Crippen MR) is 81.6 cm³/mol. The topological polar surface area (TPSA) is 46.2 Å². The van der Waals surface area contributed by atoms with Crippen molar-refractivity contribution < 1.29 is 8.42 Å². The molecule has 1 aromatic rings. The minimum absolute atomic E-state index is 0.221. The van der Waals surface area contributed by atoms with Crippen molar-refractivity contribution in [2.45, 2.75) is 56.3 Å². The summed E-state index contributed by atoms with van der Waals surface area (Å²) < 4.78 is 28.5. The third kappa shape index (κ3) is 5.65.